The van der Waals surface area contributed by atoms with Crippen molar-refractivity contribution in [2.45, 2.75) is 46.3 Å². The monoisotopic (exact) mass is 658 g/mol. The lowest BCUT2D eigenvalue weighted by molar-refractivity contribution is -0.146. The van der Waals surface area contributed by atoms with Crippen molar-refractivity contribution in [2.24, 2.45) is 0 Å². The van der Waals surface area contributed by atoms with E-state index in [-0.39, 0.29) is 5.56 Å². The van der Waals surface area contributed by atoms with Crippen LogP contribution in [0.15, 0.2) is 133 Å². The smallest absolute Gasteiger partial charge is 0.343 e. The van der Waals surface area contributed by atoms with Crippen LogP contribution < -0.4 is 9.47 Å². The first-order valence-corrected chi connectivity index (χ1v) is 15.8. The van der Waals surface area contributed by atoms with Crippen LogP contribution in [0.5, 0.6) is 11.5 Å². The lowest BCUT2D eigenvalue weighted by Crippen LogP contribution is -2.30. The van der Waals surface area contributed by atoms with Crippen LogP contribution in [-0.4, -0.2) is 30.0 Å². The molecule has 4 aromatic carbocycles. The van der Waals surface area contributed by atoms with Gasteiger partial charge in [-0.15, -0.1) is 0 Å². The Morgan fingerprint density at radius 3 is 1.86 bits per heavy atom. The van der Waals surface area contributed by atoms with Crippen molar-refractivity contribution in [3.8, 4) is 11.5 Å². The molecule has 49 heavy (non-hydrogen) atoms. The normalized spacial score (nSPS) is 12.7. The molecule has 0 saturated heterocycles. The molecule has 8 nitrogen and oxygen atoms in total. The molecule has 0 spiro atoms. The van der Waals surface area contributed by atoms with Crippen molar-refractivity contribution in [3.63, 3.8) is 0 Å². The van der Waals surface area contributed by atoms with Crippen LogP contribution in [0.4, 0.5) is 0 Å². The lowest BCUT2D eigenvalue weighted by Gasteiger charge is -2.28. The highest BCUT2D eigenvalue weighted by molar-refractivity contribution is 5.91. The standard InChI is InChI=1S/C41H38O8/c1-5-11-31(7-3)38(39(32-12-9-8-10-13-32)49-41(45)34-21-25-35(26-22-34)46-28(4)42)48-37(43)27-18-30-16-23-36(24-17-30)47-40(44)33-19-14-29(6-2)15-20-33/h5,7-27,38-39H,6H2,1-4H3. The SMILES string of the molecule is CC=CC(=CC)C(OC(=O)C=Cc1ccc(OC(=O)c2ccc(CC)cc2)cc1)C(OC(=O)c1ccc(OC(C)=O)cc1)c1ccccc1. The molecule has 0 fully saturated rings. The van der Waals surface area contributed by atoms with Gasteiger partial charge in [0.05, 0.1) is 11.1 Å². The first-order chi connectivity index (χ1) is 23.7. The predicted octanol–water partition coefficient (Wildman–Crippen LogP) is 8.44. The average Bonchev–Trinajstić information content (AvgIpc) is 3.12. The Morgan fingerprint density at radius 2 is 1.27 bits per heavy atom. The van der Waals surface area contributed by atoms with Gasteiger partial charge in [-0.1, -0.05) is 79.7 Å². The second-order valence-electron chi connectivity index (χ2n) is 10.8. The molecule has 4 aromatic rings. The number of ether oxygens (including phenoxy) is 4. The minimum Gasteiger partial charge on any atom is -0.450 e. The summed E-state index contributed by atoms with van der Waals surface area (Å²) in [6.07, 6.45) is 7.11. The fraction of sp³-hybridized carbons (Fsp3) is 0.171. The van der Waals surface area contributed by atoms with Crippen LogP contribution in [-0.2, 0) is 25.5 Å². The topological polar surface area (TPSA) is 105 Å². The van der Waals surface area contributed by atoms with E-state index < -0.39 is 36.1 Å². The van der Waals surface area contributed by atoms with E-state index in [2.05, 4.69) is 0 Å². The molecule has 0 N–H and O–H groups in total. The molecule has 0 radical (unpaired) electrons. The molecule has 2 unspecified atom stereocenters. The largest absolute Gasteiger partial charge is 0.450 e. The van der Waals surface area contributed by atoms with Crippen LogP contribution >= 0.6 is 0 Å². The molecular weight excluding hydrogens is 620 g/mol. The Kier molecular flexibility index (Phi) is 13.0. The summed E-state index contributed by atoms with van der Waals surface area (Å²) in [7, 11) is 0. The summed E-state index contributed by atoms with van der Waals surface area (Å²) >= 11 is 0. The van der Waals surface area contributed by atoms with Gasteiger partial charge in [-0.05, 0) is 97.1 Å². The predicted molar refractivity (Wildman–Crippen MR) is 187 cm³/mol. The number of hydrogen-bond donors (Lipinski definition) is 0. The molecule has 0 aliphatic rings. The number of rotatable bonds is 13. The minimum absolute atomic E-state index is 0.221. The van der Waals surface area contributed by atoms with Crippen LogP contribution in [0.3, 0.4) is 0 Å². The van der Waals surface area contributed by atoms with E-state index in [0.717, 1.165) is 12.0 Å². The summed E-state index contributed by atoms with van der Waals surface area (Å²) in [6.45, 7) is 6.97. The van der Waals surface area contributed by atoms with E-state index >= 15 is 0 Å². The molecule has 0 aliphatic carbocycles. The molecule has 0 amide bonds. The Hall–Kier alpha value is -6.02. The fourth-order valence-electron chi connectivity index (χ4n) is 4.83. The quantitative estimate of drug-likeness (QED) is 0.0610. The third kappa shape index (κ3) is 10.5. The van der Waals surface area contributed by atoms with Crippen molar-refractivity contribution in [3.05, 3.63) is 161 Å². The molecule has 0 aromatic heterocycles. The molecular formula is C41H38O8. The Balaban J connectivity index is 1.51. The van der Waals surface area contributed by atoms with E-state index in [0.29, 0.717) is 33.8 Å². The van der Waals surface area contributed by atoms with E-state index in [1.165, 1.54) is 37.3 Å². The summed E-state index contributed by atoms with van der Waals surface area (Å²) in [5, 5.41) is 0. The number of esters is 4. The number of hydrogen-bond acceptors (Lipinski definition) is 8. The maximum Gasteiger partial charge on any atom is 0.343 e. The van der Waals surface area contributed by atoms with Crippen LogP contribution in [0.2, 0.25) is 0 Å². The maximum absolute atomic E-state index is 13.4. The average molecular weight is 659 g/mol. The van der Waals surface area contributed by atoms with E-state index in [9.17, 15) is 19.2 Å². The highest BCUT2D eigenvalue weighted by Crippen LogP contribution is 2.31. The molecule has 0 bridgehead atoms. The zero-order chi connectivity index (χ0) is 35.2. The van der Waals surface area contributed by atoms with Crippen molar-refractivity contribution < 1.29 is 38.1 Å². The highest BCUT2D eigenvalue weighted by atomic mass is 16.6. The van der Waals surface area contributed by atoms with Crippen LogP contribution in [0.1, 0.15) is 71.2 Å². The van der Waals surface area contributed by atoms with Gasteiger partial charge < -0.3 is 18.9 Å². The van der Waals surface area contributed by atoms with E-state index in [4.69, 9.17) is 18.9 Å². The van der Waals surface area contributed by atoms with Gasteiger partial charge in [0.15, 0.2) is 12.2 Å². The van der Waals surface area contributed by atoms with Gasteiger partial charge in [0, 0.05) is 13.0 Å². The Labute approximate surface area is 286 Å². The third-order valence-electron chi connectivity index (χ3n) is 7.35. The van der Waals surface area contributed by atoms with Gasteiger partial charge >= 0.3 is 23.9 Å². The van der Waals surface area contributed by atoms with E-state index in [1.807, 2.05) is 32.0 Å². The van der Waals surface area contributed by atoms with Gasteiger partial charge in [0.25, 0.3) is 0 Å². The zero-order valence-electron chi connectivity index (χ0n) is 27.8. The number of benzene rings is 4. The van der Waals surface area contributed by atoms with Gasteiger partial charge in [0.1, 0.15) is 11.5 Å². The molecule has 250 valence electrons. The lowest BCUT2D eigenvalue weighted by atomic mass is 9.97. The summed E-state index contributed by atoms with van der Waals surface area (Å²) in [5.74, 6) is -1.61. The van der Waals surface area contributed by atoms with Crippen LogP contribution in [0, 0.1) is 0 Å². The summed E-state index contributed by atoms with van der Waals surface area (Å²) in [6, 6.07) is 28.9. The van der Waals surface area contributed by atoms with Crippen molar-refractivity contribution in [1.29, 1.82) is 0 Å². The molecule has 8 heteroatoms. The Morgan fingerprint density at radius 1 is 0.673 bits per heavy atom. The molecule has 0 aliphatic heterocycles. The number of carbonyl (C=O) groups excluding carboxylic acids is 4. The van der Waals surface area contributed by atoms with Gasteiger partial charge in [-0.25, -0.2) is 14.4 Å². The zero-order valence-corrected chi connectivity index (χ0v) is 27.8. The van der Waals surface area contributed by atoms with Gasteiger partial charge in [-0.3, -0.25) is 4.79 Å². The second-order valence-corrected chi connectivity index (χ2v) is 10.8. The fourth-order valence-corrected chi connectivity index (χ4v) is 4.83. The second kappa shape index (κ2) is 17.8. The summed E-state index contributed by atoms with van der Waals surface area (Å²) < 4.78 is 22.6. The number of aryl methyl sites for hydroxylation is 1. The van der Waals surface area contributed by atoms with E-state index in [1.54, 1.807) is 91.9 Å². The molecule has 2 atom stereocenters. The molecule has 0 heterocycles. The third-order valence-corrected chi connectivity index (χ3v) is 7.35. The van der Waals surface area contributed by atoms with Crippen molar-refractivity contribution >= 4 is 30.0 Å². The van der Waals surface area contributed by atoms with Crippen molar-refractivity contribution in [2.75, 3.05) is 0 Å². The first-order valence-electron chi connectivity index (χ1n) is 15.8. The summed E-state index contributed by atoms with van der Waals surface area (Å²) in [5.41, 5.74) is 3.70. The highest BCUT2D eigenvalue weighted by Gasteiger charge is 2.32. The van der Waals surface area contributed by atoms with Crippen molar-refractivity contribution in [1.82, 2.24) is 0 Å². The maximum atomic E-state index is 13.4. The number of allylic oxidation sites excluding steroid dienone is 2. The molecule has 4 rings (SSSR count). The van der Waals surface area contributed by atoms with Crippen LogP contribution in [0.25, 0.3) is 6.08 Å². The minimum atomic E-state index is -1.01. The molecule has 0 saturated carbocycles. The number of carbonyl (C=O) groups is 4. The van der Waals surface area contributed by atoms with Gasteiger partial charge in [0.2, 0.25) is 0 Å². The summed E-state index contributed by atoms with van der Waals surface area (Å²) in [4.78, 5) is 50.5. The Bertz CT molecular complexity index is 1820. The van der Waals surface area contributed by atoms with Gasteiger partial charge in [-0.2, -0.15) is 0 Å². The first kappa shape index (κ1) is 35.8.